The Hall–Kier alpha value is -4.09. The van der Waals surface area contributed by atoms with Crippen LogP contribution >= 0.6 is 0 Å². The number of benzene rings is 1. The summed E-state index contributed by atoms with van der Waals surface area (Å²) < 4.78 is 0. The summed E-state index contributed by atoms with van der Waals surface area (Å²) in [6.07, 6.45) is 1.86. The van der Waals surface area contributed by atoms with Gasteiger partial charge in [0.1, 0.15) is 11.8 Å². The second-order valence-electron chi connectivity index (χ2n) is 7.26. The Bertz CT molecular complexity index is 1180. The van der Waals surface area contributed by atoms with Crippen LogP contribution in [0.3, 0.4) is 0 Å². The highest BCUT2D eigenvalue weighted by Gasteiger charge is 2.12. The van der Waals surface area contributed by atoms with E-state index < -0.39 is 12.0 Å². The highest BCUT2D eigenvalue weighted by Crippen LogP contribution is 2.23. The van der Waals surface area contributed by atoms with Gasteiger partial charge in [-0.2, -0.15) is 0 Å². The number of hydrogen-bond acceptors (Lipinski definition) is 6. The molecule has 0 radical (unpaired) electrons. The van der Waals surface area contributed by atoms with Gasteiger partial charge in [-0.1, -0.05) is 24.0 Å². The smallest absolute Gasteiger partial charge is 0.267 e. The van der Waals surface area contributed by atoms with E-state index in [0.29, 0.717) is 42.0 Å². The minimum absolute atomic E-state index is 0.0942. The third-order valence-corrected chi connectivity index (χ3v) is 4.62. The van der Waals surface area contributed by atoms with Gasteiger partial charge < -0.3 is 15.7 Å². The first-order valence-electron chi connectivity index (χ1n) is 9.93. The van der Waals surface area contributed by atoms with E-state index in [1.165, 1.54) is 11.0 Å². The SMILES string of the molecule is Cc1ccc(-c2cc(C(N)=O)nc(-c3cccc(C#C[C@H](O)CCN(C)C=O)c3)n2)cn1. The molecule has 0 spiro atoms. The molecule has 0 aliphatic heterocycles. The van der Waals surface area contributed by atoms with Crippen molar-refractivity contribution in [1.29, 1.82) is 0 Å². The zero-order valence-electron chi connectivity index (χ0n) is 17.8. The van der Waals surface area contributed by atoms with E-state index in [9.17, 15) is 14.7 Å². The fourth-order valence-electron chi connectivity index (χ4n) is 2.82. The topological polar surface area (TPSA) is 122 Å². The van der Waals surface area contributed by atoms with Crippen LogP contribution in [0.1, 0.15) is 28.2 Å². The Kier molecular flexibility index (Phi) is 7.26. The average molecular weight is 429 g/mol. The summed E-state index contributed by atoms with van der Waals surface area (Å²) in [6, 6.07) is 12.4. The van der Waals surface area contributed by atoms with Gasteiger partial charge in [-0.3, -0.25) is 14.6 Å². The molecular weight excluding hydrogens is 406 g/mol. The number of carbonyl (C=O) groups excluding carboxylic acids is 2. The second-order valence-corrected chi connectivity index (χ2v) is 7.26. The van der Waals surface area contributed by atoms with Crippen molar-refractivity contribution in [2.75, 3.05) is 13.6 Å². The van der Waals surface area contributed by atoms with E-state index in [0.717, 1.165) is 11.3 Å². The maximum Gasteiger partial charge on any atom is 0.267 e. The molecule has 2 aromatic heterocycles. The minimum atomic E-state index is -0.865. The van der Waals surface area contributed by atoms with E-state index in [2.05, 4.69) is 26.8 Å². The van der Waals surface area contributed by atoms with Gasteiger partial charge in [-0.05, 0) is 37.3 Å². The van der Waals surface area contributed by atoms with Crippen molar-refractivity contribution in [3.05, 3.63) is 65.6 Å². The summed E-state index contributed by atoms with van der Waals surface area (Å²) in [5, 5.41) is 10.0. The van der Waals surface area contributed by atoms with Crippen molar-refractivity contribution in [2.24, 2.45) is 5.73 Å². The molecule has 0 unspecified atom stereocenters. The van der Waals surface area contributed by atoms with Crippen LogP contribution in [0, 0.1) is 18.8 Å². The predicted molar refractivity (Wildman–Crippen MR) is 120 cm³/mol. The summed E-state index contributed by atoms with van der Waals surface area (Å²) in [5.74, 6) is 5.36. The zero-order chi connectivity index (χ0) is 23.1. The van der Waals surface area contributed by atoms with Gasteiger partial charge in [0.05, 0.1) is 5.69 Å². The first-order chi connectivity index (χ1) is 15.4. The number of aliphatic hydroxyl groups is 1. The number of nitrogens with two attached hydrogens (primary N) is 1. The van der Waals surface area contributed by atoms with Gasteiger partial charge in [-0.15, -0.1) is 0 Å². The van der Waals surface area contributed by atoms with Crippen LogP contribution < -0.4 is 5.73 Å². The van der Waals surface area contributed by atoms with E-state index in [1.807, 2.05) is 19.1 Å². The minimum Gasteiger partial charge on any atom is -0.380 e. The third kappa shape index (κ3) is 5.97. The molecule has 8 heteroatoms. The number of primary amides is 1. The Morgan fingerprint density at radius 1 is 1.22 bits per heavy atom. The van der Waals surface area contributed by atoms with E-state index in [1.54, 1.807) is 37.5 Å². The molecule has 0 bridgehead atoms. The molecule has 3 aromatic rings. The van der Waals surface area contributed by atoms with Gasteiger partial charge >= 0.3 is 0 Å². The number of hydrogen-bond donors (Lipinski definition) is 2. The molecule has 0 saturated carbocycles. The second kappa shape index (κ2) is 10.3. The van der Waals surface area contributed by atoms with E-state index >= 15 is 0 Å². The summed E-state index contributed by atoms with van der Waals surface area (Å²) in [7, 11) is 1.64. The highest BCUT2D eigenvalue weighted by atomic mass is 16.3. The van der Waals surface area contributed by atoms with Crippen molar-refractivity contribution in [3.63, 3.8) is 0 Å². The van der Waals surface area contributed by atoms with Crippen molar-refractivity contribution < 1.29 is 14.7 Å². The van der Waals surface area contributed by atoms with Crippen molar-refractivity contribution >= 4 is 12.3 Å². The quantitative estimate of drug-likeness (QED) is 0.436. The number of carbonyl (C=O) groups is 2. The molecule has 2 heterocycles. The Balaban J connectivity index is 1.91. The van der Waals surface area contributed by atoms with E-state index in [4.69, 9.17) is 5.73 Å². The van der Waals surface area contributed by atoms with Crippen LogP contribution in [0.4, 0.5) is 0 Å². The third-order valence-electron chi connectivity index (χ3n) is 4.62. The van der Waals surface area contributed by atoms with Crippen LogP contribution in [-0.2, 0) is 4.79 Å². The number of nitrogens with zero attached hydrogens (tertiary/aromatic N) is 4. The molecule has 3 rings (SSSR count). The maximum atomic E-state index is 11.8. The van der Waals surface area contributed by atoms with Gasteiger partial charge in [-0.25, -0.2) is 9.97 Å². The van der Waals surface area contributed by atoms with Crippen LogP contribution in [0.5, 0.6) is 0 Å². The molecule has 1 aromatic carbocycles. The number of aliphatic hydroxyl groups excluding tert-OH is 1. The molecular formula is C24H23N5O3. The van der Waals surface area contributed by atoms with Crippen molar-refractivity contribution in [1.82, 2.24) is 19.9 Å². The number of pyridine rings is 1. The van der Waals surface area contributed by atoms with E-state index in [-0.39, 0.29) is 5.69 Å². The van der Waals surface area contributed by atoms with Crippen molar-refractivity contribution in [2.45, 2.75) is 19.4 Å². The van der Waals surface area contributed by atoms with Crippen molar-refractivity contribution in [3.8, 4) is 34.5 Å². The standard InChI is InChI=1S/C24H23N5O3/c1-16-6-8-19(14-26-16)21-13-22(23(25)32)28-24(27-21)18-5-3-4-17(12-18)7-9-20(31)10-11-29(2)15-30/h3-6,8,12-15,20,31H,10-11H2,1-2H3,(H2,25,32)/t20-/m0/s1. The number of aromatic nitrogens is 3. The Morgan fingerprint density at radius 3 is 2.72 bits per heavy atom. The number of rotatable bonds is 7. The average Bonchev–Trinajstić information content (AvgIpc) is 2.81. The Morgan fingerprint density at radius 2 is 2.03 bits per heavy atom. The molecule has 1 atom stereocenters. The molecule has 2 amide bonds. The van der Waals surface area contributed by atoms with Gasteiger partial charge in [0.15, 0.2) is 5.82 Å². The number of amides is 2. The maximum absolute atomic E-state index is 11.8. The summed E-state index contributed by atoms with van der Waals surface area (Å²) in [4.78, 5) is 37.1. The fourth-order valence-corrected chi connectivity index (χ4v) is 2.82. The molecule has 0 aliphatic rings. The summed E-state index contributed by atoms with van der Waals surface area (Å²) >= 11 is 0. The number of aryl methyl sites for hydroxylation is 1. The van der Waals surface area contributed by atoms with Crippen LogP contribution in [0.25, 0.3) is 22.6 Å². The lowest BCUT2D eigenvalue weighted by Crippen LogP contribution is -2.21. The lowest BCUT2D eigenvalue weighted by molar-refractivity contribution is -0.117. The van der Waals surface area contributed by atoms with Crippen LogP contribution in [0.15, 0.2) is 48.7 Å². The fraction of sp³-hybridized carbons (Fsp3) is 0.208. The van der Waals surface area contributed by atoms with Gasteiger partial charge in [0.2, 0.25) is 6.41 Å². The highest BCUT2D eigenvalue weighted by molar-refractivity contribution is 5.92. The molecule has 162 valence electrons. The Labute approximate surface area is 186 Å². The largest absolute Gasteiger partial charge is 0.380 e. The summed E-state index contributed by atoms with van der Waals surface area (Å²) in [6.45, 7) is 2.29. The molecule has 0 fully saturated rings. The molecule has 0 saturated heterocycles. The van der Waals surface area contributed by atoms with Crippen LogP contribution in [-0.4, -0.2) is 57.0 Å². The normalized spacial score (nSPS) is 11.2. The monoisotopic (exact) mass is 429 g/mol. The lowest BCUT2D eigenvalue weighted by atomic mass is 10.1. The molecule has 0 aliphatic carbocycles. The van der Waals surface area contributed by atoms with Gasteiger partial charge in [0.25, 0.3) is 5.91 Å². The predicted octanol–water partition coefficient (Wildman–Crippen LogP) is 1.80. The molecule has 3 N–H and O–H groups in total. The lowest BCUT2D eigenvalue weighted by Gasteiger charge is -2.10. The summed E-state index contributed by atoms with van der Waals surface area (Å²) in [5.41, 5.74) is 9.01. The molecule has 8 nitrogen and oxygen atoms in total. The zero-order valence-corrected chi connectivity index (χ0v) is 17.8. The van der Waals surface area contributed by atoms with Crippen LogP contribution in [0.2, 0.25) is 0 Å². The first kappa shape index (κ1) is 22.6. The first-order valence-corrected chi connectivity index (χ1v) is 9.93. The molecule has 32 heavy (non-hydrogen) atoms. The van der Waals surface area contributed by atoms with Gasteiger partial charge in [0, 0.05) is 48.6 Å².